The SMILES string of the molecule is Cc1c(C(=O)NC2CCN(C(=O)c3ccco3)CC2)oc2ccc(F)cc12. The fourth-order valence-electron chi connectivity index (χ4n) is 3.44. The van der Waals surface area contributed by atoms with Gasteiger partial charge in [0.2, 0.25) is 0 Å². The van der Waals surface area contributed by atoms with E-state index in [9.17, 15) is 14.0 Å². The van der Waals surface area contributed by atoms with Crippen LogP contribution in [0.3, 0.4) is 0 Å². The van der Waals surface area contributed by atoms with Gasteiger partial charge in [0.1, 0.15) is 11.4 Å². The van der Waals surface area contributed by atoms with Crippen molar-refractivity contribution in [2.45, 2.75) is 25.8 Å². The summed E-state index contributed by atoms with van der Waals surface area (Å²) in [5.74, 6) is -0.306. The number of halogens is 1. The highest BCUT2D eigenvalue weighted by molar-refractivity contribution is 5.99. The van der Waals surface area contributed by atoms with Crippen LogP contribution in [0.4, 0.5) is 4.39 Å². The van der Waals surface area contributed by atoms with Gasteiger partial charge in [-0.05, 0) is 50.1 Å². The number of piperidine rings is 1. The molecule has 0 bridgehead atoms. The number of benzene rings is 1. The Morgan fingerprint density at radius 1 is 1.22 bits per heavy atom. The number of nitrogens with one attached hydrogen (secondary N) is 1. The minimum absolute atomic E-state index is 0.0532. The molecule has 2 amide bonds. The second kappa shape index (κ2) is 6.90. The average molecular weight is 370 g/mol. The zero-order valence-electron chi connectivity index (χ0n) is 14.8. The van der Waals surface area contributed by atoms with Crippen LogP contribution < -0.4 is 5.32 Å². The number of fused-ring (bicyclic) bond motifs is 1. The van der Waals surface area contributed by atoms with Crippen LogP contribution in [0.25, 0.3) is 11.0 Å². The summed E-state index contributed by atoms with van der Waals surface area (Å²) in [6, 6.07) is 7.46. The summed E-state index contributed by atoms with van der Waals surface area (Å²) >= 11 is 0. The number of nitrogens with zero attached hydrogens (tertiary/aromatic N) is 1. The molecule has 6 nitrogen and oxygen atoms in total. The first kappa shape index (κ1) is 17.3. The lowest BCUT2D eigenvalue weighted by Gasteiger charge is -2.31. The Hall–Kier alpha value is -3.09. The number of furan rings is 2. The van der Waals surface area contributed by atoms with Crippen molar-refractivity contribution in [3.63, 3.8) is 0 Å². The first-order chi connectivity index (χ1) is 13.0. The third-order valence-corrected chi connectivity index (χ3v) is 4.95. The molecule has 1 saturated heterocycles. The largest absolute Gasteiger partial charge is 0.459 e. The molecule has 3 aromatic rings. The third kappa shape index (κ3) is 3.32. The number of carbonyl (C=O) groups is 2. The number of hydrogen-bond donors (Lipinski definition) is 1. The van der Waals surface area contributed by atoms with Gasteiger partial charge in [0, 0.05) is 30.1 Å². The first-order valence-electron chi connectivity index (χ1n) is 8.85. The summed E-state index contributed by atoms with van der Waals surface area (Å²) in [6.45, 7) is 2.81. The van der Waals surface area contributed by atoms with Crippen LogP contribution in [0.2, 0.25) is 0 Å². The topological polar surface area (TPSA) is 75.7 Å². The number of hydrogen-bond acceptors (Lipinski definition) is 4. The Bertz CT molecular complexity index is 985. The van der Waals surface area contributed by atoms with E-state index in [2.05, 4.69) is 5.32 Å². The number of rotatable bonds is 3. The van der Waals surface area contributed by atoms with Crippen molar-refractivity contribution in [1.82, 2.24) is 10.2 Å². The second-order valence-electron chi connectivity index (χ2n) is 6.71. The van der Waals surface area contributed by atoms with Crippen molar-refractivity contribution >= 4 is 22.8 Å². The maximum atomic E-state index is 13.4. The molecule has 27 heavy (non-hydrogen) atoms. The number of amides is 2. The average Bonchev–Trinajstić information content (AvgIpc) is 3.31. The number of likely N-dealkylation sites (tertiary alicyclic amines) is 1. The zero-order chi connectivity index (χ0) is 19.0. The van der Waals surface area contributed by atoms with Crippen LogP contribution in [0.1, 0.15) is 39.5 Å². The van der Waals surface area contributed by atoms with E-state index in [-0.39, 0.29) is 29.4 Å². The van der Waals surface area contributed by atoms with Gasteiger partial charge in [-0.1, -0.05) is 0 Å². The standard InChI is InChI=1S/C20H19FN2O4/c1-12-15-11-13(21)4-5-16(15)27-18(12)19(24)22-14-6-8-23(9-7-14)20(25)17-3-2-10-26-17/h2-5,10-11,14H,6-9H2,1H3,(H,22,24). The molecule has 1 aliphatic rings. The van der Waals surface area contributed by atoms with E-state index in [1.807, 2.05) is 0 Å². The van der Waals surface area contributed by atoms with Crippen molar-refractivity contribution in [3.8, 4) is 0 Å². The fraction of sp³-hybridized carbons (Fsp3) is 0.300. The van der Waals surface area contributed by atoms with Crippen molar-refractivity contribution in [3.05, 3.63) is 59.5 Å². The highest BCUT2D eigenvalue weighted by Gasteiger charge is 2.27. The van der Waals surface area contributed by atoms with E-state index < -0.39 is 0 Å². The van der Waals surface area contributed by atoms with Gasteiger partial charge in [-0.15, -0.1) is 0 Å². The van der Waals surface area contributed by atoms with Gasteiger partial charge in [-0.25, -0.2) is 4.39 Å². The van der Waals surface area contributed by atoms with E-state index in [1.165, 1.54) is 24.5 Å². The number of aryl methyl sites for hydroxylation is 1. The first-order valence-corrected chi connectivity index (χ1v) is 8.85. The Balaban J connectivity index is 1.40. The Labute approximate surface area is 154 Å². The molecular formula is C20H19FN2O4. The van der Waals surface area contributed by atoms with E-state index in [4.69, 9.17) is 8.83 Å². The lowest BCUT2D eigenvalue weighted by Crippen LogP contribution is -2.46. The van der Waals surface area contributed by atoms with E-state index in [0.29, 0.717) is 48.2 Å². The summed E-state index contributed by atoms with van der Waals surface area (Å²) in [7, 11) is 0. The molecule has 0 atom stereocenters. The molecule has 4 rings (SSSR count). The van der Waals surface area contributed by atoms with Crippen molar-refractivity contribution in [2.24, 2.45) is 0 Å². The zero-order valence-corrected chi connectivity index (χ0v) is 14.8. The second-order valence-corrected chi connectivity index (χ2v) is 6.71. The lowest BCUT2D eigenvalue weighted by molar-refractivity contribution is 0.0665. The van der Waals surface area contributed by atoms with Gasteiger partial charge >= 0.3 is 0 Å². The minimum atomic E-state index is -0.369. The maximum absolute atomic E-state index is 13.4. The van der Waals surface area contributed by atoms with Gasteiger partial charge in [0.05, 0.1) is 6.26 Å². The molecule has 1 N–H and O–H groups in total. The molecule has 0 spiro atoms. The predicted octanol–water partition coefficient (Wildman–Crippen LogP) is 3.51. The quantitative estimate of drug-likeness (QED) is 0.766. The Kier molecular flexibility index (Phi) is 4.43. The van der Waals surface area contributed by atoms with E-state index >= 15 is 0 Å². The van der Waals surface area contributed by atoms with Crippen LogP contribution in [0, 0.1) is 12.7 Å². The summed E-state index contributed by atoms with van der Waals surface area (Å²) < 4.78 is 24.2. The number of carbonyl (C=O) groups excluding carboxylic acids is 2. The Morgan fingerprint density at radius 3 is 2.70 bits per heavy atom. The summed E-state index contributed by atoms with van der Waals surface area (Å²) in [4.78, 5) is 26.6. The van der Waals surface area contributed by atoms with E-state index in [1.54, 1.807) is 24.0 Å². The molecule has 2 aromatic heterocycles. The lowest BCUT2D eigenvalue weighted by atomic mass is 10.0. The molecule has 0 saturated carbocycles. The normalized spacial score (nSPS) is 15.3. The molecule has 1 fully saturated rings. The van der Waals surface area contributed by atoms with Gasteiger partial charge in [0.15, 0.2) is 11.5 Å². The Morgan fingerprint density at radius 2 is 2.00 bits per heavy atom. The molecule has 1 aromatic carbocycles. The predicted molar refractivity (Wildman–Crippen MR) is 96.0 cm³/mol. The molecule has 140 valence electrons. The van der Waals surface area contributed by atoms with Crippen molar-refractivity contribution < 1.29 is 22.8 Å². The maximum Gasteiger partial charge on any atom is 0.289 e. The van der Waals surface area contributed by atoms with Gasteiger partial charge in [-0.2, -0.15) is 0 Å². The molecule has 0 unspecified atom stereocenters. The highest BCUT2D eigenvalue weighted by Crippen LogP contribution is 2.26. The molecule has 0 radical (unpaired) electrons. The smallest absolute Gasteiger partial charge is 0.289 e. The van der Waals surface area contributed by atoms with Crippen LogP contribution in [0.15, 0.2) is 45.4 Å². The van der Waals surface area contributed by atoms with Crippen LogP contribution in [-0.2, 0) is 0 Å². The third-order valence-electron chi connectivity index (χ3n) is 4.95. The molecule has 0 aliphatic carbocycles. The molecule has 1 aliphatic heterocycles. The summed E-state index contributed by atoms with van der Waals surface area (Å²) in [5, 5.41) is 3.55. The highest BCUT2D eigenvalue weighted by atomic mass is 19.1. The van der Waals surface area contributed by atoms with Crippen molar-refractivity contribution in [1.29, 1.82) is 0 Å². The molecular weight excluding hydrogens is 351 g/mol. The minimum Gasteiger partial charge on any atom is -0.459 e. The van der Waals surface area contributed by atoms with Gasteiger partial charge in [0.25, 0.3) is 11.8 Å². The fourth-order valence-corrected chi connectivity index (χ4v) is 3.44. The monoisotopic (exact) mass is 370 g/mol. The van der Waals surface area contributed by atoms with Crippen molar-refractivity contribution in [2.75, 3.05) is 13.1 Å². The van der Waals surface area contributed by atoms with Crippen LogP contribution in [-0.4, -0.2) is 35.8 Å². The molecule has 3 heterocycles. The van der Waals surface area contributed by atoms with Gasteiger partial charge < -0.3 is 19.1 Å². The van der Waals surface area contributed by atoms with Crippen LogP contribution in [0.5, 0.6) is 0 Å². The van der Waals surface area contributed by atoms with Gasteiger partial charge in [-0.3, -0.25) is 9.59 Å². The van der Waals surface area contributed by atoms with E-state index in [0.717, 1.165) is 0 Å². The molecule has 7 heteroatoms. The summed E-state index contributed by atoms with van der Waals surface area (Å²) in [5.41, 5.74) is 1.10. The van der Waals surface area contributed by atoms with Crippen LogP contribution >= 0.6 is 0 Å². The summed E-state index contributed by atoms with van der Waals surface area (Å²) in [6.07, 6.45) is 2.76.